The summed E-state index contributed by atoms with van der Waals surface area (Å²) in [5.74, 6) is 1.70. The molecule has 0 spiro atoms. The number of benzene rings is 1. The molecule has 0 atom stereocenters. The van der Waals surface area contributed by atoms with Gasteiger partial charge in [-0.05, 0) is 50.1 Å². The average molecular weight is 253 g/mol. The van der Waals surface area contributed by atoms with Crippen LogP contribution in [-0.4, -0.2) is 38.5 Å². The lowest BCUT2D eigenvalue weighted by Crippen LogP contribution is -2.22. The average Bonchev–Trinajstić information content (AvgIpc) is 2.42. The summed E-state index contributed by atoms with van der Waals surface area (Å²) in [6.07, 6.45) is 3.07. The first kappa shape index (κ1) is 14.8. The molecule has 0 saturated carbocycles. The second kappa shape index (κ2) is 9.74. The van der Waals surface area contributed by atoms with Gasteiger partial charge in [-0.15, -0.1) is 0 Å². The summed E-state index contributed by atoms with van der Waals surface area (Å²) in [6.45, 7) is 2.77. The van der Waals surface area contributed by atoms with Gasteiger partial charge in [0, 0.05) is 13.2 Å². The van der Waals surface area contributed by atoms with E-state index in [0.717, 1.165) is 43.9 Å². The maximum absolute atomic E-state index is 8.62. The van der Waals surface area contributed by atoms with Crippen molar-refractivity contribution in [3.05, 3.63) is 24.3 Å². The quantitative estimate of drug-likeness (QED) is 0.625. The van der Waals surface area contributed by atoms with Gasteiger partial charge in [-0.25, -0.2) is 0 Å². The van der Waals surface area contributed by atoms with Gasteiger partial charge in [0.25, 0.3) is 0 Å². The lowest BCUT2D eigenvalue weighted by Gasteiger charge is -2.08. The summed E-state index contributed by atoms with van der Waals surface area (Å²) in [5.41, 5.74) is 0. The fourth-order valence-corrected chi connectivity index (χ4v) is 1.58. The molecule has 0 radical (unpaired) electrons. The highest BCUT2D eigenvalue weighted by Gasteiger charge is 1.95. The Bertz CT molecular complexity index is 300. The van der Waals surface area contributed by atoms with E-state index in [1.165, 1.54) is 0 Å². The van der Waals surface area contributed by atoms with Crippen LogP contribution in [0, 0.1) is 0 Å². The number of unbranched alkanes of at least 4 members (excludes halogenated alkanes) is 2. The van der Waals surface area contributed by atoms with E-state index in [1.807, 2.05) is 24.3 Å². The van der Waals surface area contributed by atoms with Crippen molar-refractivity contribution in [1.82, 2.24) is 5.32 Å². The van der Waals surface area contributed by atoms with Crippen LogP contribution < -0.4 is 14.8 Å². The number of hydrogen-bond donors (Lipinski definition) is 2. The molecule has 0 aliphatic carbocycles. The number of nitrogens with one attached hydrogen (secondary N) is 1. The summed E-state index contributed by atoms with van der Waals surface area (Å²) < 4.78 is 10.6. The van der Waals surface area contributed by atoms with Gasteiger partial charge in [0.2, 0.25) is 0 Å². The Balaban J connectivity index is 2.00. The third kappa shape index (κ3) is 6.47. The minimum atomic E-state index is 0.292. The summed E-state index contributed by atoms with van der Waals surface area (Å²) in [7, 11) is 1.65. The molecule has 2 N–H and O–H groups in total. The fraction of sp³-hybridized carbons (Fsp3) is 0.571. The minimum Gasteiger partial charge on any atom is -0.497 e. The number of rotatable bonds is 10. The Labute approximate surface area is 109 Å². The van der Waals surface area contributed by atoms with E-state index < -0.39 is 0 Å². The molecule has 1 aromatic rings. The van der Waals surface area contributed by atoms with Crippen molar-refractivity contribution in [2.75, 3.05) is 33.4 Å². The van der Waals surface area contributed by atoms with Crippen LogP contribution in [0.2, 0.25) is 0 Å². The number of aliphatic hydroxyl groups excluding tert-OH is 1. The highest BCUT2D eigenvalue weighted by atomic mass is 16.5. The molecular formula is C14H23NO3. The largest absolute Gasteiger partial charge is 0.497 e. The summed E-state index contributed by atoms with van der Waals surface area (Å²) in [5, 5.41) is 11.9. The minimum absolute atomic E-state index is 0.292. The van der Waals surface area contributed by atoms with Gasteiger partial charge in [0.05, 0.1) is 7.11 Å². The highest BCUT2D eigenvalue weighted by Crippen LogP contribution is 2.16. The van der Waals surface area contributed by atoms with E-state index in [2.05, 4.69) is 5.32 Å². The molecule has 0 amide bonds. The van der Waals surface area contributed by atoms with E-state index in [4.69, 9.17) is 14.6 Å². The second-order valence-electron chi connectivity index (χ2n) is 4.06. The first-order valence-corrected chi connectivity index (χ1v) is 6.45. The van der Waals surface area contributed by atoms with E-state index in [9.17, 15) is 0 Å². The summed E-state index contributed by atoms with van der Waals surface area (Å²) >= 11 is 0. The van der Waals surface area contributed by atoms with Crippen LogP contribution in [0.3, 0.4) is 0 Å². The van der Waals surface area contributed by atoms with Gasteiger partial charge < -0.3 is 19.9 Å². The number of hydrogen-bond acceptors (Lipinski definition) is 4. The molecule has 102 valence electrons. The maximum atomic E-state index is 8.62. The van der Waals surface area contributed by atoms with Gasteiger partial charge in [-0.3, -0.25) is 0 Å². The van der Waals surface area contributed by atoms with Crippen LogP contribution in [0.15, 0.2) is 24.3 Å². The van der Waals surface area contributed by atoms with E-state index in [1.54, 1.807) is 7.11 Å². The predicted octanol–water partition coefficient (Wildman–Crippen LogP) is 1.83. The molecule has 0 aliphatic heterocycles. The van der Waals surface area contributed by atoms with Gasteiger partial charge in [0.15, 0.2) is 0 Å². The first-order valence-electron chi connectivity index (χ1n) is 6.45. The number of aliphatic hydroxyl groups is 1. The van der Waals surface area contributed by atoms with Gasteiger partial charge in [-0.2, -0.15) is 0 Å². The zero-order chi connectivity index (χ0) is 13.1. The monoisotopic (exact) mass is 253 g/mol. The van der Waals surface area contributed by atoms with Crippen molar-refractivity contribution >= 4 is 0 Å². The van der Waals surface area contributed by atoms with Crippen LogP contribution in [0.5, 0.6) is 11.5 Å². The van der Waals surface area contributed by atoms with Crippen molar-refractivity contribution < 1.29 is 14.6 Å². The molecule has 0 fully saturated rings. The normalized spacial score (nSPS) is 10.3. The number of ether oxygens (including phenoxy) is 2. The van der Waals surface area contributed by atoms with E-state index in [0.29, 0.717) is 13.2 Å². The molecule has 0 aromatic heterocycles. The zero-order valence-electron chi connectivity index (χ0n) is 11.0. The molecule has 0 aliphatic rings. The molecule has 4 nitrogen and oxygen atoms in total. The first-order chi connectivity index (χ1) is 8.86. The van der Waals surface area contributed by atoms with Gasteiger partial charge >= 0.3 is 0 Å². The molecule has 4 heteroatoms. The topological polar surface area (TPSA) is 50.7 Å². The van der Waals surface area contributed by atoms with Crippen molar-refractivity contribution in [2.24, 2.45) is 0 Å². The van der Waals surface area contributed by atoms with Crippen molar-refractivity contribution in [3.63, 3.8) is 0 Å². The molecule has 0 unspecified atom stereocenters. The molecule has 1 aromatic carbocycles. The third-order valence-electron chi connectivity index (χ3n) is 2.62. The standard InChI is InChI=1S/C14H23NO3/c1-17-13-5-7-14(8-6-13)18-12-10-15-9-3-2-4-11-16/h5-8,15-16H,2-4,9-12H2,1H3. The lowest BCUT2D eigenvalue weighted by molar-refractivity contribution is 0.281. The fourth-order valence-electron chi connectivity index (χ4n) is 1.58. The Morgan fingerprint density at radius 1 is 1.00 bits per heavy atom. The van der Waals surface area contributed by atoms with Crippen LogP contribution >= 0.6 is 0 Å². The second-order valence-corrected chi connectivity index (χ2v) is 4.06. The van der Waals surface area contributed by atoms with Crippen LogP contribution in [-0.2, 0) is 0 Å². The molecule has 0 saturated heterocycles. The lowest BCUT2D eigenvalue weighted by atomic mass is 10.2. The molecule has 18 heavy (non-hydrogen) atoms. The van der Waals surface area contributed by atoms with E-state index >= 15 is 0 Å². The van der Waals surface area contributed by atoms with Crippen molar-refractivity contribution in [2.45, 2.75) is 19.3 Å². The Hall–Kier alpha value is -1.26. The van der Waals surface area contributed by atoms with Gasteiger partial charge in [0.1, 0.15) is 18.1 Å². The molecular weight excluding hydrogens is 230 g/mol. The Morgan fingerprint density at radius 3 is 2.39 bits per heavy atom. The smallest absolute Gasteiger partial charge is 0.119 e. The summed E-state index contributed by atoms with van der Waals surface area (Å²) in [6, 6.07) is 7.58. The molecule has 1 rings (SSSR count). The number of methoxy groups -OCH3 is 1. The van der Waals surface area contributed by atoms with Crippen molar-refractivity contribution in [3.8, 4) is 11.5 Å². The summed E-state index contributed by atoms with van der Waals surface area (Å²) in [4.78, 5) is 0. The zero-order valence-corrected chi connectivity index (χ0v) is 11.0. The van der Waals surface area contributed by atoms with E-state index in [-0.39, 0.29) is 0 Å². The van der Waals surface area contributed by atoms with Crippen LogP contribution in [0.4, 0.5) is 0 Å². The van der Waals surface area contributed by atoms with Crippen molar-refractivity contribution in [1.29, 1.82) is 0 Å². The third-order valence-corrected chi connectivity index (χ3v) is 2.62. The Morgan fingerprint density at radius 2 is 1.72 bits per heavy atom. The Kier molecular flexibility index (Phi) is 8.01. The highest BCUT2D eigenvalue weighted by molar-refractivity contribution is 5.31. The van der Waals surface area contributed by atoms with Crippen LogP contribution in [0.1, 0.15) is 19.3 Å². The van der Waals surface area contributed by atoms with Crippen LogP contribution in [0.25, 0.3) is 0 Å². The molecule has 0 heterocycles. The van der Waals surface area contributed by atoms with Gasteiger partial charge in [-0.1, -0.05) is 0 Å². The SMILES string of the molecule is COc1ccc(OCCNCCCCCO)cc1. The maximum Gasteiger partial charge on any atom is 0.119 e. The predicted molar refractivity (Wildman–Crippen MR) is 72.3 cm³/mol. The molecule has 0 bridgehead atoms.